The van der Waals surface area contributed by atoms with Crippen LogP contribution in [-0.4, -0.2) is 18.7 Å². The molecule has 0 bridgehead atoms. The lowest BCUT2D eigenvalue weighted by atomic mass is 9.54. The number of hydrogen-bond donors (Lipinski definition) is 2. The zero-order valence-corrected chi connectivity index (χ0v) is 14.3. The highest BCUT2D eigenvalue weighted by Gasteiger charge is 2.50. The molecule has 1 aromatic rings. The Morgan fingerprint density at radius 3 is 2.41 bits per heavy atom. The second-order valence-corrected chi connectivity index (χ2v) is 7.29. The van der Waals surface area contributed by atoms with Crippen molar-refractivity contribution in [2.75, 3.05) is 0 Å². The largest absolute Gasteiger partial charge is 0.425 e. The van der Waals surface area contributed by atoms with E-state index in [-0.39, 0.29) is 24.0 Å². The van der Waals surface area contributed by atoms with Gasteiger partial charge in [0.25, 0.3) is 0 Å². The van der Waals surface area contributed by atoms with E-state index < -0.39 is 0 Å². The Bertz CT molecular complexity index is 535. The molecule has 1 aliphatic heterocycles. The minimum atomic E-state index is -0.176. The van der Waals surface area contributed by atoms with Gasteiger partial charge in [0.05, 0.1) is 5.60 Å². The van der Waals surface area contributed by atoms with Gasteiger partial charge in [-0.05, 0) is 49.7 Å². The Hall–Kier alpha value is -1.55. The summed E-state index contributed by atoms with van der Waals surface area (Å²) in [6.07, 6.45) is 4.28. The molecule has 1 atom stereocenters. The molecule has 0 aromatic heterocycles. The fourth-order valence-electron chi connectivity index (χ4n) is 2.74. The highest BCUT2D eigenvalue weighted by atomic mass is 16.5. The molecule has 2 N–H and O–H groups in total. The monoisotopic (exact) mass is 298 g/mol. The van der Waals surface area contributed by atoms with Crippen molar-refractivity contribution in [3.8, 4) is 0 Å². The van der Waals surface area contributed by atoms with Crippen LogP contribution < -0.4 is 5.32 Å². The lowest BCUT2D eigenvalue weighted by Gasteiger charge is -2.34. The molecule has 4 heteroatoms. The Balaban J connectivity index is 2.08. The lowest BCUT2D eigenvalue weighted by Crippen LogP contribution is -2.34. The van der Waals surface area contributed by atoms with Crippen LogP contribution in [0.5, 0.6) is 0 Å². The van der Waals surface area contributed by atoms with Gasteiger partial charge in [-0.1, -0.05) is 44.2 Å². The summed E-state index contributed by atoms with van der Waals surface area (Å²) in [5.74, 6) is 0. The summed E-state index contributed by atoms with van der Waals surface area (Å²) in [5.41, 5.74) is 2.06. The van der Waals surface area contributed by atoms with Crippen molar-refractivity contribution in [3.05, 3.63) is 47.6 Å². The van der Waals surface area contributed by atoms with E-state index in [9.17, 15) is 0 Å². The quantitative estimate of drug-likeness (QED) is 0.631. The number of nitrogens with one attached hydrogen (secondary N) is 2. The number of hydrogen-bond acceptors (Lipinski definition) is 3. The molecule has 0 radical (unpaired) electrons. The first-order valence-electron chi connectivity index (χ1n) is 7.96. The molecule has 0 saturated carbocycles. The van der Waals surface area contributed by atoms with E-state index in [2.05, 4.69) is 52.1 Å². The van der Waals surface area contributed by atoms with E-state index in [0.29, 0.717) is 0 Å². The summed E-state index contributed by atoms with van der Waals surface area (Å²) in [6, 6.07) is 10.5. The van der Waals surface area contributed by atoms with E-state index in [1.165, 1.54) is 11.8 Å². The highest BCUT2D eigenvalue weighted by Crippen LogP contribution is 2.46. The Labute approximate surface area is 134 Å². The molecule has 22 heavy (non-hydrogen) atoms. The topological polar surface area (TPSA) is 45.1 Å². The molecular formula is C18H27BN2O. The summed E-state index contributed by atoms with van der Waals surface area (Å²) >= 11 is 0. The minimum Gasteiger partial charge on any atom is -0.425 e. The van der Waals surface area contributed by atoms with Crippen molar-refractivity contribution >= 4 is 13.1 Å². The van der Waals surface area contributed by atoms with E-state index >= 15 is 0 Å². The van der Waals surface area contributed by atoms with Gasteiger partial charge in [0.15, 0.2) is 0 Å². The van der Waals surface area contributed by atoms with Crippen LogP contribution in [0.3, 0.4) is 0 Å². The summed E-state index contributed by atoms with van der Waals surface area (Å²) in [4.78, 5) is 0. The van der Waals surface area contributed by atoms with Gasteiger partial charge < -0.3 is 15.4 Å². The molecule has 0 aliphatic carbocycles. The third kappa shape index (κ3) is 3.44. The molecule has 1 heterocycles. The second kappa shape index (κ2) is 6.29. The van der Waals surface area contributed by atoms with Crippen LogP contribution in [0.25, 0.3) is 0 Å². The van der Waals surface area contributed by atoms with Crippen LogP contribution in [-0.2, 0) is 4.65 Å². The first-order valence-corrected chi connectivity index (χ1v) is 7.96. The van der Waals surface area contributed by atoms with E-state index in [0.717, 1.165) is 11.8 Å². The third-order valence-corrected chi connectivity index (χ3v) is 5.10. The van der Waals surface area contributed by atoms with Crippen molar-refractivity contribution < 1.29 is 4.65 Å². The smallest absolute Gasteiger partial charge is 0.330 e. The van der Waals surface area contributed by atoms with Gasteiger partial charge in [-0.3, -0.25) is 0 Å². The molecule has 3 nitrogen and oxygen atoms in total. The zero-order valence-electron chi connectivity index (χ0n) is 14.3. The predicted octanol–water partition coefficient (Wildman–Crippen LogP) is 4.24. The number of allylic oxidation sites excluding steroid dienone is 1. The lowest BCUT2D eigenvalue weighted by molar-refractivity contribution is 0.0372. The van der Waals surface area contributed by atoms with Gasteiger partial charge >= 0.3 is 6.92 Å². The van der Waals surface area contributed by atoms with Crippen molar-refractivity contribution in [1.82, 2.24) is 5.32 Å². The molecule has 1 unspecified atom stereocenters. The average Bonchev–Trinajstić information content (AvgIpc) is 2.68. The van der Waals surface area contributed by atoms with Gasteiger partial charge in [-0.15, -0.1) is 0 Å². The Morgan fingerprint density at radius 2 is 1.91 bits per heavy atom. The molecule has 0 amide bonds. The third-order valence-electron chi connectivity index (χ3n) is 5.10. The normalized spacial score (nSPS) is 21.5. The Kier molecular flexibility index (Phi) is 4.81. The highest BCUT2D eigenvalue weighted by molar-refractivity contribution is 6.66. The van der Waals surface area contributed by atoms with Crippen LogP contribution in [0.15, 0.2) is 42.0 Å². The van der Waals surface area contributed by atoms with Crippen LogP contribution in [0.2, 0.25) is 6.32 Å². The average molecular weight is 298 g/mol. The van der Waals surface area contributed by atoms with Gasteiger partial charge in [0.1, 0.15) is 0 Å². The first kappa shape index (κ1) is 16.8. The zero-order chi connectivity index (χ0) is 16.4. The number of rotatable bonds is 5. The second-order valence-electron chi connectivity index (χ2n) is 7.29. The maximum absolute atomic E-state index is 7.72. The van der Waals surface area contributed by atoms with Crippen LogP contribution >= 0.6 is 0 Å². The molecule has 2 rings (SSSR count). The maximum Gasteiger partial charge on any atom is 0.330 e. The van der Waals surface area contributed by atoms with E-state index in [1.807, 2.05) is 24.4 Å². The molecule has 1 saturated heterocycles. The standard InChI is InChI=1S/C18H27BN2O/c1-14(15-9-7-6-8-10-15)21-12-16(11-20)19-13-17(2,3)18(4,5)22-19/h6-12,14,20-21H,13H2,1-5H3/b16-12+,20-11?. The summed E-state index contributed by atoms with van der Waals surface area (Å²) in [6.45, 7) is 10.8. The van der Waals surface area contributed by atoms with Gasteiger partial charge in [0.2, 0.25) is 0 Å². The van der Waals surface area contributed by atoms with Crippen molar-refractivity contribution in [3.63, 3.8) is 0 Å². The van der Waals surface area contributed by atoms with E-state index in [4.69, 9.17) is 10.1 Å². The first-order chi connectivity index (χ1) is 10.3. The van der Waals surface area contributed by atoms with E-state index in [1.54, 1.807) is 0 Å². The Morgan fingerprint density at radius 1 is 1.27 bits per heavy atom. The minimum absolute atomic E-state index is 0.0158. The SMILES string of the molecule is CC(N/C=C(\C=N)B1CC(C)(C)C(C)(C)O1)c1ccccc1. The van der Waals surface area contributed by atoms with Crippen LogP contribution in [0.1, 0.15) is 46.2 Å². The van der Waals surface area contributed by atoms with Gasteiger partial charge in [-0.25, -0.2) is 0 Å². The molecule has 1 aliphatic rings. The molecule has 1 fully saturated rings. The van der Waals surface area contributed by atoms with Gasteiger partial charge in [-0.2, -0.15) is 0 Å². The fraction of sp³-hybridized carbons (Fsp3) is 0.500. The van der Waals surface area contributed by atoms with Crippen molar-refractivity contribution in [2.45, 2.75) is 52.6 Å². The van der Waals surface area contributed by atoms with Crippen molar-refractivity contribution in [1.29, 1.82) is 5.41 Å². The fourth-order valence-corrected chi connectivity index (χ4v) is 2.74. The van der Waals surface area contributed by atoms with Crippen LogP contribution in [0.4, 0.5) is 0 Å². The predicted molar refractivity (Wildman–Crippen MR) is 94.4 cm³/mol. The van der Waals surface area contributed by atoms with Crippen LogP contribution in [0, 0.1) is 10.8 Å². The maximum atomic E-state index is 7.72. The van der Waals surface area contributed by atoms with Gasteiger partial charge in [0, 0.05) is 12.3 Å². The molecule has 118 valence electrons. The molecular weight excluding hydrogens is 271 g/mol. The number of benzene rings is 1. The van der Waals surface area contributed by atoms with Crippen molar-refractivity contribution in [2.24, 2.45) is 5.41 Å². The summed E-state index contributed by atoms with van der Waals surface area (Å²) in [5, 5.41) is 11.1. The molecule has 0 spiro atoms. The summed E-state index contributed by atoms with van der Waals surface area (Å²) in [7, 11) is 0. The summed E-state index contributed by atoms with van der Waals surface area (Å²) < 4.78 is 6.20. The molecule has 1 aromatic carbocycles.